The summed E-state index contributed by atoms with van der Waals surface area (Å²) >= 11 is 0. The van der Waals surface area contributed by atoms with E-state index in [-0.39, 0.29) is 24.3 Å². The third-order valence-corrected chi connectivity index (χ3v) is 4.81. The van der Waals surface area contributed by atoms with Crippen LogP contribution < -0.4 is 11.0 Å². The number of nitrogens with zero attached hydrogens (tertiary/aromatic N) is 4. The van der Waals surface area contributed by atoms with Crippen LogP contribution in [0.25, 0.3) is 17.0 Å². The first-order valence-electron chi connectivity index (χ1n) is 9.04. The van der Waals surface area contributed by atoms with E-state index in [0.29, 0.717) is 22.7 Å². The molecular weight excluding hydrogens is 349 g/mol. The van der Waals surface area contributed by atoms with Crippen LogP contribution in [0.5, 0.6) is 0 Å². The molecule has 1 amide bonds. The predicted molar refractivity (Wildman–Crippen MR) is 97.8 cm³/mol. The fraction of sp³-hybridized carbons (Fsp3) is 0.368. The molecule has 1 N–H and O–H groups in total. The Balaban J connectivity index is 1.70. The number of hydrogen-bond acceptors (Lipinski definition) is 4. The van der Waals surface area contributed by atoms with E-state index in [0.717, 1.165) is 30.4 Å². The molecule has 7 nitrogen and oxygen atoms in total. The lowest BCUT2D eigenvalue weighted by atomic mass is 10.2. The monoisotopic (exact) mass is 369 g/mol. The maximum absolute atomic E-state index is 13.2. The summed E-state index contributed by atoms with van der Waals surface area (Å²) in [5.74, 6) is -0.216. The molecular formula is C19H20FN5O2. The number of carbonyl (C=O) groups is 1. The normalized spacial score (nSPS) is 14.7. The fourth-order valence-electron chi connectivity index (χ4n) is 3.53. The number of rotatable bonds is 4. The zero-order valence-corrected chi connectivity index (χ0v) is 15.0. The van der Waals surface area contributed by atoms with Crippen LogP contribution in [0.1, 0.15) is 31.4 Å². The smallest absolute Gasteiger partial charge is 0.352 e. The van der Waals surface area contributed by atoms with Crippen molar-refractivity contribution in [2.45, 2.75) is 45.2 Å². The maximum Gasteiger partial charge on any atom is 0.352 e. The molecule has 0 unspecified atom stereocenters. The third kappa shape index (κ3) is 3.47. The van der Waals surface area contributed by atoms with Crippen molar-refractivity contribution in [1.29, 1.82) is 0 Å². The van der Waals surface area contributed by atoms with Crippen LogP contribution in [0.15, 0.2) is 35.1 Å². The summed E-state index contributed by atoms with van der Waals surface area (Å²) in [4.78, 5) is 29.5. The van der Waals surface area contributed by atoms with E-state index in [9.17, 15) is 14.0 Å². The van der Waals surface area contributed by atoms with Gasteiger partial charge in [0.05, 0.1) is 0 Å². The molecule has 1 saturated carbocycles. The second-order valence-corrected chi connectivity index (χ2v) is 6.91. The molecule has 4 rings (SSSR count). The number of benzene rings is 1. The Labute approximate surface area is 154 Å². The van der Waals surface area contributed by atoms with Gasteiger partial charge in [0.15, 0.2) is 5.65 Å². The number of fused-ring (bicyclic) bond motifs is 1. The molecule has 2 heterocycles. The minimum atomic E-state index is -0.446. The highest BCUT2D eigenvalue weighted by atomic mass is 19.1. The van der Waals surface area contributed by atoms with Crippen molar-refractivity contribution >= 4 is 11.6 Å². The number of aromatic nitrogens is 4. The van der Waals surface area contributed by atoms with Gasteiger partial charge in [-0.15, -0.1) is 5.10 Å². The molecule has 0 radical (unpaired) electrons. The lowest BCUT2D eigenvalue weighted by Gasteiger charge is -2.11. The third-order valence-electron chi connectivity index (χ3n) is 4.81. The van der Waals surface area contributed by atoms with Crippen molar-refractivity contribution in [2.24, 2.45) is 0 Å². The molecule has 3 aromatic rings. The zero-order valence-electron chi connectivity index (χ0n) is 15.0. The van der Waals surface area contributed by atoms with Gasteiger partial charge in [-0.05, 0) is 44.0 Å². The van der Waals surface area contributed by atoms with Crippen LogP contribution in [0.4, 0.5) is 4.39 Å². The van der Waals surface area contributed by atoms with E-state index in [1.165, 1.54) is 16.5 Å². The van der Waals surface area contributed by atoms with Crippen LogP contribution in [-0.2, 0) is 11.3 Å². The largest absolute Gasteiger partial charge is 0.352 e. The molecule has 140 valence electrons. The van der Waals surface area contributed by atoms with Crippen molar-refractivity contribution < 1.29 is 9.18 Å². The van der Waals surface area contributed by atoms with Gasteiger partial charge in [-0.1, -0.05) is 12.8 Å². The minimum absolute atomic E-state index is 0.140. The number of nitrogens with one attached hydrogen (secondary N) is 1. The van der Waals surface area contributed by atoms with Crippen molar-refractivity contribution in [3.05, 3.63) is 52.3 Å². The minimum Gasteiger partial charge on any atom is -0.352 e. The Morgan fingerprint density at radius 3 is 2.67 bits per heavy atom. The molecule has 0 aliphatic heterocycles. The van der Waals surface area contributed by atoms with Gasteiger partial charge in [0, 0.05) is 23.4 Å². The van der Waals surface area contributed by atoms with E-state index in [1.54, 1.807) is 25.1 Å². The summed E-state index contributed by atoms with van der Waals surface area (Å²) in [5, 5.41) is 7.24. The Bertz CT molecular complexity index is 1050. The van der Waals surface area contributed by atoms with Gasteiger partial charge in [0.1, 0.15) is 18.2 Å². The molecule has 1 fully saturated rings. The SMILES string of the molecule is Cc1cc2nn(CC(=O)NC3CCCC3)c(=O)n2c(-c2ccc(F)cc2)n1. The first-order valence-corrected chi connectivity index (χ1v) is 9.04. The van der Waals surface area contributed by atoms with Crippen molar-refractivity contribution in [3.63, 3.8) is 0 Å². The molecule has 0 bridgehead atoms. The number of aryl methyl sites for hydroxylation is 1. The van der Waals surface area contributed by atoms with Gasteiger partial charge >= 0.3 is 5.69 Å². The van der Waals surface area contributed by atoms with Gasteiger partial charge in [0.25, 0.3) is 0 Å². The van der Waals surface area contributed by atoms with Crippen molar-refractivity contribution in [2.75, 3.05) is 0 Å². The fourth-order valence-corrected chi connectivity index (χ4v) is 3.53. The number of amides is 1. The standard InChI is InChI=1S/C19H20FN5O2/c1-12-10-16-23-24(11-17(26)22-15-4-2-3-5-15)19(27)25(16)18(21-12)13-6-8-14(20)9-7-13/h6-10,15H,2-5,11H2,1H3,(H,22,26). The molecule has 0 spiro atoms. The number of carbonyl (C=O) groups excluding carboxylic acids is 1. The predicted octanol–water partition coefficient (Wildman–Crippen LogP) is 2.06. The van der Waals surface area contributed by atoms with Crippen LogP contribution in [-0.4, -0.2) is 31.1 Å². The van der Waals surface area contributed by atoms with Gasteiger partial charge in [-0.25, -0.2) is 23.3 Å². The summed E-state index contributed by atoms with van der Waals surface area (Å²) in [7, 11) is 0. The summed E-state index contributed by atoms with van der Waals surface area (Å²) in [6, 6.07) is 7.62. The van der Waals surface area contributed by atoms with Crippen LogP contribution in [0, 0.1) is 12.7 Å². The maximum atomic E-state index is 13.2. The first kappa shape index (κ1) is 17.4. The molecule has 0 saturated heterocycles. The van der Waals surface area contributed by atoms with Gasteiger partial charge < -0.3 is 5.32 Å². The summed E-state index contributed by atoms with van der Waals surface area (Å²) < 4.78 is 15.7. The highest BCUT2D eigenvalue weighted by Gasteiger charge is 2.20. The van der Waals surface area contributed by atoms with Gasteiger partial charge in [0.2, 0.25) is 5.91 Å². The molecule has 1 aromatic carbocycles. The molecule has 0 atom stereocenters. The van der Waals surface area contributed by atoms with Crippen LogP contribution in [0.2, 0.25) is 0 Å². The molecule has 1 aliphatic rings. The van der Waals surface area contributed by atoms with Gasteiger partial charge in [-0.3, -0.25) is 4.79 Å². The average Bonchev–Trinajstić information content (AvgIpc) is 3.23. The second kappa shape index (κ2) is 6.94. The van der Waals surface area contributed by atoms with Crippen molar-refractivity contribution in [1.82, 2.24) is 24.5 Å². The number of hydrogen-bond donors (Lipinski definition) is 1. The van der Waals surface area contributed by atoms with Crippen molar-refractivity contribution in [3.8, 4) is 11.4 Å². The Morgan fingerprint density at radius 1 is 1.26 bits per heavy atom. The average molecular weight is 369 g/mol. The lowest BCUT2D eigenvalue weighted by molar-refractivity contribution is -0.122. The van der Waals surface area contributed by atoms with E-state index in [1.807, 2.05) is 0 Å². The summed E-state index contributed by atoms with van der Waals surface area (Å²) in [5.41, 5.74) is 1.23. The topological polar surface area (TPSA) is 81.3 Å². The van der Waals surface area contributed by atoms with Gasteiger partial charge in [-0.2, -0.15) is 0 Å². The molecule has 1 aliphatic carbocycles. The first-order chi connectivity index (χ1) is 13.0. The van der Waals surface area contributed by atoms with E-state index < -0.39 is 5.69 Å². The van der Waals surface area contributed by atoms with Crippen LogP contribution in [0.3, 0.4) is 0 Å². The quantitative estimate of drug-likeness (QED) is 0.763. The highest BCUT2D eigenvalue weighted by molar-refractivity contribution is 5.76. The second-order valence-electron chi connectivity index (χ2n) is 6.91. The van der Waals surface area contributed by atoms with E-state index >= 15 is 0 Å². The number of halogens is 1. The van der Waals surface area contributed by atoms with E-state index in [2.05, 4.69) is 15.4 Å². The molecule has 8 heteroatoms. The molecule has 27 heavy (non-hydrogen) atoms. The molecule has 2 aromatic heterocycles. The van der Waals surface area contributed by atoms with Crippen LogP contribution >= 0.6 is 0 Å². The lowest BCUT2D eigenvalue weighted by Crippen LogP contribution is -2.37. The van der Waals surface area contributed by atoms with E-state index in [4.69, 9.17) is 0 Å². The Hall–Kier alpha value is -3.03. The zero-order chi connectivity index (χ0) is 19.0. The Morgan fingerprint density at radius 2 is 1.96 bits per heavy atom. The highest BCUT2D eigenvalue weighted by Crippen LogP contribution is 2.19. The summed E-state index contributed by atoms with van der Waals surface area (Å²) in [6.45, 7) is 1.66. The summed E-state index contributed by atoms with van der Waals surface area (Å²) in [6.07, 6.45) is 4.18. The Kier molecular flexibility index (Phi) is 4.47.